The molecule has 85 heavy (non-hydrogen) atoms. The van der Waals surface area contributed by atoms with Crippen molar-refractivity contribution in [1.29, 1.82) is 0 Å². The number of rotatable bonds is 68. The van der Waals surface area contributed by atoms with E-state index in [4.69, 9.17) is 18.5 Å². The zero-order valence-electron chi connectivity index (χ0n) is 56.8. The number of carbonyl (C=O) groups excluding carboxylic acids is 2. The Labute approximate surface area is 527 Å². The summed E-state index contributed by atoms with van der Waals surface area (Å²) in [6.07, 6.45) is 87.5. The fourth-order valence-electron chi connectivity index (χ4n) is 10.7. The van der Waals surface area contributed by atoms with Crippen molar-refractivity contribution >= 4 is 19.8 Å². The van der Waals surface area contributed by atoms with E-state index in [-0.39, 0.29) is 32.0 Å². The van der Waals surface area contributed by atoms with Gasteiger partial charge in [-0.25, -0.2) is 0 Å². The molecule has 0 N–H and O–H groups in total. The molecule has 9 nitrogen and oxygen atoms in total. The topological polar surface area (TPSA) is 111 Å². The molecule has 0 aliphatic carbocycles. The van der Waals surface area contributed by atoms with E-state index < -0.39 is 26.5 Å². The van der Waals surface area contributed by atoms with Gasteiger partial charge in [-0.2, -0.15) is 0 Å². The highest BCUT2D eigenvalue weighted by atomic mass is 31.2. The van der Waals surface area contributed by atoms with Gasteiger partial charge in [-0.05, 0) is 57.8 Å². The maximum atomic E-state index is 12.9. The Kier molecular flexibility index (Phi) is 64.4. The highest BCUT2D eigenvalue weighted by Gasteiger charge is 2.22. The molecule has 0 radical (unpaired) electrons. The lowest BCUT2D eigenvalue weighted by Gasteiger charge is -2.28. The monoisotopic (exact) mass is 1210 g/mol. The maximum Gasteiger partial charge on any atom is 0.306 e. The van der Waals surface area contributed by atoms with Gasteiger partial charge in [0.1, 0.15) is 19.8 Å². The first-order chi connectivity index (χ1) is 41.5. The average molecular weight is 1210 g/mol. The predicted molar refractivity (Wildman–Crippen MR) is 365 cm³/mol. The Morgan fingerprint density at radius 2 is 0.671 bits per heavy atom. The SMILES string of the molecule is CC/C=C\C/C=C\C/C=C\C/C=C\C/C=C\CCCCCCCCCCCCCC(=O)OC(COC(=O)CCCCCCCCCCCCCCCCCCCCCCCCCCCCCCCCCCCC)COP(=O)([O-])OCC[N+](C)(C)C. The zero-order valence-corrected chi connectivity index (χ0v) is 57.7. The number of carbonyl (C=O) groups is 2. The smallest absolute Gasteiger partial charge is 0.306 e. The standard InChI is InChI=1S/C75H140NO8P/c1-6-8-10-12-14-16-18-20-22-24-26-28-30-32-34-35-36-37-38-39-40-42-43-45-47-49-51-53-55-57-59-61-63-65-67-74(77)81-71-73(72-83-85(79,80)82-70-69-76(3,4)5)84-75(78)68-66-64-62-60-58-56-54-52-50-48-46-44-41-33-31-29-27-25-23-21-19-17-15-13-11-9-7-2/h9,11,15,17,21,23,27,29,33,41,73H,6-8,10,12-14,16,18-20,22,24-26,28,30-32,34-40,42-72H2,1-5H3/b11-9-,17-15-,23-21-,29-27-,41-33-. The number of likely N-dealkylation sites (N-methyl/N-ethyl adjacent to an activating group) is 1. The molecule has 0 aliphatic rings. The molecule has 498 valence electrons. The minimum absolute atomic E-state index is 0.0313. The number of allylic oxidation sites excluding steroid dienone is 10. The van der Waals surface area contributed by atoms with Crippen LogP contribution in [0.3, 0.4) is 0 Å². The molecule has 0 aromatic rings. The number of unbranched alkanes of at least 4 members (excludes halogenated alkanes) is 44. The number of ether oxygens (including phenoxy) is 2. The molecule has 0 amide bonds. The van der Waals surface area contributed by atoms with Gasteiger partial charge in [0, 0.05) is 12.8 Å². The minimum atomic E-state index is -4.64. The van der Waals surface area contributed by atoms with Crippen molar-refractivity contribution in [2.24, 2.45) is 0 Å². The van der Waals surface area contributed by atoms with Crippen LogP contribution in [0.5, 0.6) is 0 Å². The number of esters is 2. The quantitative estimate of drug-likeness (QED) is 0.0195. The summed E-state index contributed by atoms with van der Waals surface area (Å²) in [7, 11) is 1.17. The molecule has 2 atom stereocenters. The third kappa shape index (κ3) is 70.7. The van der Waals surface area contributed by atoms with Crippen LogP contribution in [0.4, 0.5) is 0 Å². The van der Waals surface area contributed by atoms with Gasteiger partial charge in [0.15, 0.2) is 6.10 Å². The minimum Gasteiger partial charge on any atom is -0.756 e. The van der Waals surface area contributed by atoms with Crippen molar-refractivity contribution in [2.45, 2.75) is 360 Å². The van der Waals surface area contributed by atoms with Gasteiger partial charge in [-0.15, -0.1) is 0 Å². The van der Waals surface area contributed by atoms with Gasteiger partial charge < -0.3 is 27.9 Å². The molecule has 0 aromatic heterocycles. The Morgan fingerprint density at radius 1 is 0.376 bits per heavy atom. The van der Waals surface area contributed by atoms with Crippen molar-refractivity contribution in [2.75, 3.05) is 47.5 Å². The first kappa shape index (κ1) is 82.7. The maximum absolute atomic E-state index is 12.9. The summed E-state index contributed by atoms with van der Waals surface area (Å²) in [4.78, 5) is 38.1. The highest BCUT2D eigenvalue weighted by Crippen LogP contribution is 2.38. The zero-order chi connectivity index (χ0) is 61.9. The second-order valence-corrected chi connectivity index (χ2v) is 27.3. The number of hydrogen-bond donors (Lipinski definition) is 0. The van der Waals surface area contributed by atoms with E-state index in [1.807, 2.05) is 21.1 Å². The summed E-state index contributed by atoms with van der Waals surface area (Å²) in [6.45, 7) is 4.18. The summed E-state index contributed by atoms with van der Waals surface area (Å²) in [5.74, 6) is -0.821. The van der Waals surface area contributed by atoms with Crippen LogP contribution >= 0.6 is 7.82 Å². The van der Waals surface area contributed by atoms with Gasteiger partial charge in [-0.3, -0.25) is 14.2 Å². The Bertz CT molecular complexity index is 1620. The third-order valence-corrected chi connectivity index (χ3v) is 17.3. The van der Waals surface area contributed by atoms with Crippen molar-refractivity contribution in [3.63, 3.8) is 0 Å². The van der Waals surface area contributed by atoms with Crippen LogP contribution in [-0.4, -0.2) is 70.0 Å². The van der Waals surface area contributed by atoms with Crippen LogP contribution in [0.25, 0.3) is 0 Å². The molecule has 0 aromatic carbocycles. The van der Waals surface area contributed by atoms with Gasteiger partial charge in [0.2, 0.25) is 0 Å². The number of hydrogen-bond acceptors (Lipinski definition) is 8. The summed E-state index contributed by atoms with van der Waals surface area (Å²) >= 11 is 0. The first-order valence-corrected chi connectivity index (χ1v) is 38.0. The molecular weight excluding hydrogens is 1070 g/mol. The van der Waals surface area contributed by atoms with Crippen LogP contribution in [0, 0.1) is 0 Å². The number of phosphoric acid groups is 1. The fourth-order valence-corrected chi connectivity index (χ4v) is 11.5. The molecule has 0 rings (SSSR count). The Balaban J connectivity index is 3.97. The van der Waals surface area contributed by atoms with Crippen LogP contribution in [0.15, 0.2) is 60.8 Å². The van der Waals surface area contributed by atoms with Crippen molar-refractivity contribution in [3.05, 3.63) is 60.8 Å². The van der Waals surface area contributed by atoms with Crippen molar-refractivity contribution in [1.82, 2.24) is 0 Å². The van der Waals surface area contributed by atoms with E-state index in [0.717, 1.165) is 77.0 Å². The van der Waals surface area contributed by atoms with Crippen molar-refractivity contribution < 1.29 is 42.1 Å². The Morgan fingerprint density at radius 3 is 1.00 bits per heavy atom. The lowest BCUT2D eigenvalue weighted by atomic mass is 10.0. The molecule has 0 fully saturated rings. The molecule has 0 bridgehead atoms. The number of quaternary nitrogens is 1. The molecule has 0 saturated heterocycles. The normalized spacial score (nSPS) is 13.4. The van der Waals surface area contributed by atoms with E-state index in [2.05, 4.69) is 74.6 Å². The second-order valence-electron chi connectivity index (χ2n) is 25.9. The lowest BCUT2D eigenvalue weighted by molar-refractivity contribution is -0.870. The van der Waals surface area contributed by atoms with Gasteiger partial charge in [0.25, 0.3) is 7.82 Å². The van der Waals surface area contributed by atoms with Gasteiger partial charge >= 0.3 is 11.9 Å². The summed E-state index contributed by atoms with van der Waals surface area (Å²) < 4.78 is 34.3. The molecule has 2 unspecified atom stereocenters. The van der Waals surface area contributed by atoms with Gasteiger partial charge in [0.05, 0.1) is 27.7 Å². The molecule has 0 heterocycles. The van der Waals surface area contributed by atoms with Crippen LogP contribution < -0.4 is 4.89 Å². The van der Waals surface area contributed by atoms with Crippen LogP contribution in [0.1, 0.15) is 354 Å². The van der Waals surface area contributed by atoms with E-state index >= 15 is 0 Å². The molecular formula is C75H140NO8P. The van der Waals surface area contributed by atoms with Crippen LogP contribution in [0.2, 0.25) is 0 Å². The Hall–Kier alpha value is -2.29. The third-order valence-electron chi connectivity index (χ3n) is 16.3. The first-order valence-electron chi connectivity index (χ1n) is 36.5. The van der Waals surface area contributed by atoms with E-state index in [1.54, 1.807) is 0 Å². The fraction of sp³-hybridized carbons (Fsp3) is 0.840. The lowest BCUT2D eigenvalue weighted by Crippen LogP contribution is -2.37. The number of phosphoric ester groups is 1. The molecule has 0 spiro atoms. The molecule has 10 heteroatoms. The van der Waals surface area contributed by atoms with E-state index in [0.29, 0.717) is 17.4 Å². The van der Waals surface area contributed by atoms with E-state index in [9.17, 15) is 19.0 Å². The van der Waals surface area contributed by atoms with Crippen LogP contribution in [-0.2, 0) is 32.7 Å². The summed E-state index contributed by atoms with van der Waals surface area (Å²) in [6, 6.07) is 0. The highest BCUT2D eigenvalue weighted by molar-refractivity contribution is 7.45. The second kappa shape index (κ2) is 66.1. The van der Waals surface area contributed by atoms with Crippen molar-refractivity contribution in [3.8, 4) is 0 Å². The number of nitrogens with zero attached hydrogens (tertiary/aromatic N) is 1. The van der Waals surface area contributed by atoms with E-state index in [1.165, 1.54) is 244 Å². The predicted octanol–water partition coefficient (Wildman–Crippen LogP) is 23.1. The van der Waals surface area contributed by atoms with Gasteiger partial charge in [-0.1, -0.05) is 344 Å². The average Bonchev–Trinajstić information content (AvgIpc) is 3.52. The summed E-state index contributed by atoms with van der Waals surface area (Å²) in [5, 5.41) is 0. The molecule has 0 saturated carbocycles. The summed E-state index contributed by atoms with van der Waals surface area (Å²) in [5.41, 5.74) is 0. The largest absolute Gasteiger partial charge is 0.756 e. The molecule has 0 aliphatic heterocycles.